The molecule has 3 aromatic heterocycles. The van der Waals surface area contributed by atoms with E-state index in [1.807, 2.05) is 0 Å². The Kier molecular flexibility index (Phi) is 5.60. The molecule has 0 aliphatic heterocycles. The van der Waals surface area contributed by atoms with Crippen LogP contribution < -0.4 is 10.1 Å². The first-order chi connectivity index (χ1) is 15.2. The van der Waals surface area contributed by atoms with Gasteiger partial charge in [0.15, 0.2) is 18.0 Å². The molecule has 1 N–H and O–H groups in total. The number of rotatable bonds is 6. The summed E-state index contributed by atoms with van der Waals surface area (Å²) in [5, 5.41) is 7.78. The lowest BCUT2D eigenvalue weighted by atomic mass is 10.1. The number of aromatic nitrogens is 3. The van der Waals surface area contributed by atoms with E-state index in [-0.39, 0.29) is 18.2 Å². The average Bonchev–Trinajstić information content (AvgIpc) is 3.38. The van der Waals surface area contributed by atoms with E-state index in [9.17, 15) is 18.0 Å². The Morgan fingerprint density at radius 3 is 2.75 bits per heavy atom. The van der Waals surface area contributed by atoms with Gasteiger partial charge in [-0.05, 0) is 42.8 Å². The molecular weight excluding hydrogens is 425 g/mol. The van der Waals surface area contributed by atoms with Gasteiger partial charge in [0.1, 0.15) is 11.4 Å². The third kappa shape index (κ3) is 4.58. The molecule has 4 aromatic rings. The van der Waals surface area contributed by atoms with Gasteiger partial charge in [0.2, 0.25) is 0 Å². The number of ether oxygens (including phenoxy) is 1. The van der Waals surface area contributed by atoms with Crippen molar-refractivity contribution in [1.82, 2.24) is 20.1 Å². The molecule has 0 aliphatic rings. The van der Waals surface area contributed by atoms with Crippen LogP contribution in [0.15, 0.2) is 53.1 Å². The van der Waals surface area contributed by atoms with Crippen molar-refractivity contribution in [1.29, 1.82) is 0 Å². The van der Waals surface area contributed by atoms with Crippen LogP contribution in [0.1, 0.15) is 21.6 Å². The number of carbonyl (C=O) groups is 1. The molecule has 166 valence electrons. The van der Waals surface area contributed by atoms with E-state index >= 15 is 0 Å². The van der Waals surface area contributed by atoms with Crippen LogP contribution in [0.3, 0.4) is 0 Å². The third-order valence-corrected chi connectivity index (χ3v) is 4.74. The van der Waals surface area contributed by atoms with E-state index in [1.165, 1.54) is 18.4 Å². The number of amides is 1. The first kappa shape index (κ1) is 21.4. The lowest BCUT2D eigenvalue weighted by Gasteiger charge is -2.11. The number of pyridine rings is 1. The van der Waals surface area contributed by atoms with Crippen molar-refractivity contribution in [3.8, 4) is 17.2 Å². The molecule has 0 bridgehead atoms. The maximum Gasteiger partial charge on any atom is 0.422 e. The summed E-state index contributed by atoms with van der Waals surface area (Å²) in [6, 6.07) is 11.2. The summed E-state index contributed by atoms with van der Waals surface area (Å²) in [6.07, 6.45) is -2.91. The Hall–Kier alpha value is -3.82. The third-order valence-electron chi connectivity index (χ3n) is 4.74. The van der Waals surface area contributed by atoms with Crippen LogP contribution in [-0.4, -0.2) is 33.5 Å². The fourth-order valence-corrected chi connectivity index (χ4v) is 3.36. The number of halogens is 3. The molecule has 0 fully saturated rings. The van der Waals surface area contributed by atoms with Gasteiger partial charge in [-0.2, -0.15) is 18.3 Å². The monoisotopic (exact) mass is 444 g/mol. The van der Waals surface area contributed by atoms with Crippen molar-refractivity contribution in [2.75, 3.05) is 6.61 Å². The number of hydrogen-bond acceptors (Lipinski definition) is 5. The second-order valence-corrected chi connectivity index (χ2v) is 7.17. The molecule has 0 spiro atoms. The van der Waals surface area contributed by atoms with E-state index in [2.05, 4.69) is 15.4 Å². The summed E-state index contributed by atoms with van der Waals surface area (Å²) < 4.78 is 48.9. The number of furan rings is 1. The fraction of sp³-hybridized carbons (Fsp3) is 0.227. The lowest BCUT2D eigenvalue weighted by molar-refractivity contribution is -0.153. The fourth-order valence-electron chi connectivity index (χ4n) is 3.36. The molecule has 0 aliphatic carbocycles. The van der Waals surface area contributed by atoms with Gasteiger partial charge in [-0.25, -0.2) is 4.98 Å². The van der Waals surface area contributed by atoms with Crippen molar-refractivity contribution in [2.45, 2.75) is 19.6 Å². The summed E-state index contributed by atoms with van der Waals surface area (Å²) in [4.78, 5) is 17.6. The SMILES string of the molecule is Cc1nn(C)c2nc(-c3ccco3)cc(C(=O)NCc3cccc(OCC(F)(F)F)c3)c12. The van der Waals surface area contributed by atoms with Gasteiger partial charge in [0, 0.05) is 13.6 Å². The molecule has 1 amide bonds. The minimum absolute atomic E-state index is 0.0728. The maximum atomic E-state index is 13.1. The molecule has 0 unspecified atom stereocenters. The molecule has 0 saturated carbocycles. The number of hydrogen-bond donors (Lipinski definition) is 1. The summed E-state index contributed by atoms with van der Waals surface area (Å²) in [7, 11) is 1.74. The Morgan fingerprint density at radius 1 is 1.22 bits per heavy atom. The van der Waals surface area contributed by atoms with Gasteiger partial charge >= 0.3 is 6.18 Å². The highest BCUT2D eigenvalue weighted by molar-refractivity contribution is 6.07. The highest BCUT2D eigenvalue weighted by Gasteiger charge is 2.28. The molecule has 0 atom stereocenters. The Labute approximate surface area is 180 Å². The standard InChI is InChI=1S/C22H19F3N4O3/c1-13-19-16(10-17(18-7-4-8-31-18)27-20(19)29(2)28-13)21(30)26-11-14-5-3-6-15(9-14)32-12-22(23,24)25/h3-10H,11-12H2,1-2H3,(H,26,30). The minimum atomic E-state index is -4.43. The molecule has 10 heteroatoms. The van der Waals surface area contributed by atoms with Gasteiger partial charge in [0.25, 0.3) is 5.91 Å². The number of aryl methyl sites for hydroxylation is 2. The number of fused-ring (bicyclic) bond motifs is 1. The summed E-state index contributed by atoms with van der Waals surface area (Å²) in [5.41, 5.74) is 2.63. The zero-order valence-corrected chi connectivity index (χ0v) is 17.2. The summed E-state index contributed by atoms with van der Waals surface area (Å²) in [5.74, 6) is 0.209. The first-order valence-corrected chi connectivity index (χ1v) is 9.66. The van der Waals surface area contributed by atoms with E-state index in [4.69, 9.17) is 9.15 Å². The normalized spacial score (nSPS) is 11.7. The van der Waals surface area contributed by atoms with Crippen molar-refractivity contribution in [2.24, 2.45) is 7.05 Å². The number of alkyl halides is 3. The van der Waals surface area contributed by atoms with E-state index in [0.717, 1.165) is 0 Å². The highest BCUT2D eigenvalue weighted by Crippen LogP contribution is 2.27. The quantitative estimate of drug-likeness (QED) is 0.477. The maximum absolute atomic E-state index is 13.1. The Morgan fingerprint density at radius 2 is 2.03 bits per heavy atom. The molecule has 1 aromatic carbocycles. The summed E-state index contributed by atoms with van der Waals surface area (Å²) >= 11 is 0. The molecule has 0 radical (unpaired) electrons. The zero-order valence-electron chi connectivity index (χ0n) is 17.2. The topological polar surface area (TPSA) is 82.2 Å². The van der Waals surface area contributed by atoms with Crippen LogP contribution in [-0.2, 0) is 13.6 Å². The second kappa shape index (κ2) is 8.37. The lowest BCUT2D eigenvalue weighted by Crippen LogP contribution is -2.23. The summed E-state index contributed by atoms with van der Waals surface area (Å²) in [6.45, 7) is 0.504. The zero-order chi connectivity index (χ0) is 22.9. The molecule has 4 rings (SSSR count). The minimum Gasteiger partial charge on any atom is -0.484 e. The van der Waals surface area contributed by atoms with Gasteiger partial charge < -0.3 is 14.5 Å². The van der Waals surface area contributed by atoms with Crippen LogP contribution in [0.5, 0.6) is 5.75 Å². The van der Waals surface area contributed by atoms with Gasteiger partial charge in [-0.1, -0.05) is 12.1 Å². The van der Waals surface area contributed by atoms with E-state index < -0.39 is 12.8 Å². The van der Waals surface area contributed by atoms with Crippen LogP contribution in [0, 0.1) is 6.92 Å². The smallest absolute Gasteiger partial charge is 0.422 e. The van der Waals surface area contributed by atoms with Crippen LogP contribution >= 0.6 is 0 Å². The Bertz CT molecular complexity index is 1260. The van der Waals surface area contributed by atoms with Gasteiger partial charge in [-0.15, -0.1) is 0 Å². The van der Waals surface area contributed by atoms with Crippen LogP contribution in [0.4, 0.5) is 13.2 Å². The predicted octanol–water partition coefficient (Wildman–Crippen LogP) is 4.41. The molecule has 0 saturated heterocycles. The average molecular weight is 444 g/mol. The van der Waals surface area contributed by atoms with Crippen molar-refractivity contribution in [3.63, 3.8) is 0 Å². The predicted molar refractivity (Wildman–Crippen MR) is 110 cm³/mol. The highest BCUT2D eigenvalue weighted by atomic mass is 19.4. The van der Waals surface area contributed by atoms with Gasteiger partial charge in [-0.3, -0.25) is 9.48 Å². The number of nitrogens with zero attached hydrogens (tertiary/aromatic N) is 3. The Balaban J connectivity index is 1.58. The van der Waals surface area contributed by atoms with Crippen molar-refractivity contribution >= 4 is 16.9 Å². The van der Waals surface area contributed by atoms with E-state index in [0.29, 0.717) is 39.3 Å². The first-order valence-electron chi connectivity index (χ1n) is 9.66. The van der Waals surface area contributed by atoms with Crippen molar-refractivity contribution < 1.29 is 27.1 Å². The molecule has 3 heterocycles. The largest absolute Gasteiger partial charge is 0.484 e. The molecular formula is C22H19F3N4O3. The van der Waals surface area contributed by atoms with Gasteiger partial charge in [0.05, 0.1) is 22.9 Å². The van der Waals surface area contributed by atoms with Crippen LogP contribution in [0.2, 0.25) is 0 Å². The van der Waals surface area contributed by atoms with E-state index in [1.54, 1.807) is 49.0 Å². The number of nitrogens with one attached hydrogen (secondary N) is 1. The van der Waals surface area contributed by atoms with Crippen LogP contribution in [0.25, 0.3) is 22.5 Å². The number of benzene rings is 1. The number of carbonyl (C=O) groups excluding carboxylic acids is 1. The molecule has 32 heavy (non-hydrogen) atoms. The second-order valence-electron chi connectivity index (χ2n) is 7.17. The van der Waals surface area contributed by atoms with Crippen molar-refractivity contribution in [3.05, 3.63) is 65.5 Å². The molecule has 7 nitrogen and oxygen atoms in total.